The van der Waals surface area contributed by atoms with Crippen LogP contribution in [0.5, 0.6) is 11.5 Å². The number of hydrogen-bond acceptors (Lipinski definition) is 4. The Hall–Kier alpha value is -3.80. The zero-order valence-corrected chi connectivity index (χ0v) is 17.6. The van der Waals surface area contributed by atoms with Gasteiger partial charge in [-0.2, -0.15) is 0 Å². The van der Waals surface area contributed by atoms with E-state index in [4.69, 9.17) is 9.47 Å². The van der Waals surface area contributed by atoms with Crippen LogP contribution >= 0.6 is 0 Å². The molecule has 3 aromatic rings. The third-order valence-corrected chi connectivity index (χ3v) is 4.49. The van der Waals surface area contributed by atoms with Crippen LogP contribution in [0.2, 0.25) is 0 Å². The molecule has 31 heavy (non-hydrogen) atoms. The monoisotopic (exact) mass is 418 g/mol. The molecule has 1 atom stereocenters. The number of aryl methyl sites for hydroxylation is 1. The molecule has 1 unspecified atom stereocenters. The minimum Gasteiger partial charge on any atom is -0.484 e. The average molecular weight is 418 g/mol. The van der Waals surface area contributed by atoms with Crippen molar-refractivity contribution in [3.8, 4) is 11.5 Å². The molecule has 2 amide bonds. The van der Waals surface area contributed by atoms with E-state index >= 15 is 0 Å². The Kier molecular flexibility index (Phi) is 7.65. The summed E-state index contributed by atoms with van der Waals surface area (Å²) in [5, 5.41) is 5.62. The Morgan fingerprint density at radius 1 is 0.839 bits per heavy atom. The first kappa shape index (κ1) is 21.9. The maximum atomic E-state index is 12.7. The van der Waals surface area contributed by atoms with Gasteiger partial charge in [-0.15, -0.1) is 0 Å². The van der Waals surface area contributed by atoms with Crippen LogP contribution < -0.4 is 20.1 Å². The Bertz CT molecular complexity index is 1000. The molecule has 6 nitrogen and oxygen atoms in total. The first-order chi connectivity index (χ1) is 15.0. The first-order valence-electron chi connectivity index (χ1n) is 10.2. The predicted octanol–water partition coefficient (Wildman–Crippen LogP) is 4.81. The zero-order valence-electron chi connectivity index (χ0n) is 17.6. The predicted molar refractivity (Wildman–Crippen MR) is 122 cm³/mol. The summed E-state index contributed by atoms with van der Waals surface area (Å²) < 4.78 is 11.3. The van der Waals surface area contributed by atoms with Gasteiger partial charge in [0.15, 0.2) is 12.7 Å². The van der Waals surface area contributed by atoms with Crippen LogP contribution in [0.15, 0.2) is 78.9 Å². The molecule has 0 aliphatic carbocycles. The lowest BCUT2D eigenvalue weighted by Gasteiger charge is -2.18. The molecular weight excluding hydrogens is 392 g/mol. The normalized spacial score (nSPS) is 11.3. The van der Waals surface area contributed by atoms with Gasteiger partial charge in [-0.1, -0.05) is 48.9 Å². The van der Waals surface area contributed by atoms with Crippen LogP contribution in [-0.4, -0.2) is 24.5 Å². The highest BCUT2D eigenvalue weighted by atomic mass is 16.5. The number of amides is 2. The third-order valence-electron chi connectivity index (χ3n) is 4.49. The van der Waals surface area contributed by atoms with Gasteiger partial charge < -0.3 is 20.1 Å². The van der Waals surface area contributed by atoms with E-state index in [1.54, 1.807) is 36.4 Å². The van der Waals surface area contributed by atoms with Crippen molar-refractivity contribution in [1.29, 1.82) is 0 Å². The number of anilines is 2. The van der Waals surface area contributed by atoms with E-state index in [0.29, 0.717) is 29.3 Å². The van der Waals surface area contributed by atoms with Gasteiger partial charge in [0.05, 0.1) is 0 Å². The Labute approximate surface area is 182 Å². The summed E-state index contributed by atoms with van der Waals surface area (Å²) in [6, 6.07) is 23.6. The van der Waals surface area contributed by atoms with E-state index in [0.717, 1.165) is 5.56 Å². The van der Waals surface area contributed by atoms with E-state index in [2.05, 4.69) is 10.6 Å². The van der Waals surface area contributed by atoms with E-state index in [1.165, 1.54) is 0 Å². The number of benzene rings is 3. The molecule has 0 aliphatic heterocycles. The van der Waals surface area contributed by atoms with Crippen LogP contribution in [0, 0.1) is 6.92 Å². The first-order valence-corrected chi connectivity index (χ1v) is 10.2. The van der Waals surface area contributed by atoms with Crippen LogP contribution in [0.3, 0.4) is 0 Å². The fraction of sp³-hybridized carbons (Fsp3) is 0.200. The second-order valence-corrected chi connectivity index (χ2v) is 7.05. The Morgan fingerprint density at radius 3 is 2.19 bits per heavy atom. The molecule has 3 aromatic carbocycles. The Balaban J connectivity index is 1.55. The molecule has 0 spiro atoms. The summed E-state index contributed by atoms with van der Waals surface area (Å²) in [6.45, 7) is 3.78. The standard InChI is InChI=1S/C25H26N2O4/c1-3-23(31-22-14-12-18(2)13-15-22)25(29)27-20-9-7-8-19(16-20)26-24(28)17-30-21-10-5-4-6-11-21/h4-16,23H,3,17H2,1-2H3,(H,26,28)(H,27,29). The van der Waals surface area contributed by atoms with Gasteiger partial charge in [0.2, 0.25) is 0 Å². The molecule has 0 aliphatic rings. The molecule has 0 saturated carbocycles. The van der Waals surface area contributed by atoms with Crippen molar-refractivity contribution in [2.75, 3.05) is 17.2 Å². The third kappa shape index (κ3) is 6.89. The molecule has 160 valence electrons. The maximum Gasteiger partial charge on any atom is 0.265 e. The molecule has 6 heteroatoms. The van der Waals surface area contributed by atoms with E-state index < -0.39 is 6.10 Å². The van der Waals surface area contributed by atoms with Crippen LogP contribution in [0.4, 0.5) is 11.4 Å². The number of hydrogen-bond donors (Lipinski definition) is 2. The van der Waals surface area contributed by atoms with Crippen molar-refractivity contribution in [2.45, 2.75) is 26.4 Å². The maximum absolute atomic E-state index is 12.7. The number of para-hydroxylation sites is 1. The fourth-order valence-electron chi connectivity index (χ4n) is 2.86. The van der Waals surface area contributed by atoms with E-state index in [-0.39, 0.29) is 18.4 Å². The lowest BCUT2D eigenvalue weighted by molar-refractivity contribution is -0.122. The van der Waals surface area contributed by atoms with Gasteiger partial charge in [-0.25, -0.2) is 0 Å². The second-order valence-electron chi connectivity index (χ2n) is 7.05. The van der Waals surface area contributed by atoms with Crippen molar-refractivity contribution in [3.63, 3.8) is 0 Å². The van der Waals surface area contributed by atoms with Crippen molar-refractivity contribution >= 4 is 23.2 Å². The second kappa shape index (κ2) is 10.8. The molecule has 2 N–H and O–H groups in total. The highest BCUT2D eigenvalue weighted by molar-refractivity contribution is 5.96. The molecule has 0 bridgehead atoms. The van der Waals surface area contributed by atoms with Crippen molar-refractivity contribution < 1.29 is 19.1 Å². The summed E-state index contributed by atoms with van der Waals surface area (Å²) in [4.78, 5) is 24.8. The molecule has 0 fully saturated rings. The van der Waals surface area contributed by atoms with Gasteiger partial charge in [-0.3, -0.25) is 9.59 Å². The number of carbonyl (C=O) groups is 2. The summed E-state index contributed by atoms with van der Waals surface area (Å²) in [7, 11) is 0. The fourth-order valence-corrected chi connectivity index (χ4v) is 2.86. The quantitative estimate of drug-likeness (QED) is 0.523. The van der Waals surface area contributed by atoms with Crippen LogP contribution in [-0.2, 0) is 9.59 Å². The van der Waals surface area contributed by atoms with Crippen LogP contribution in [0.1, 0.15) is 18.9 Å². The summed E-state index contributed by atoms with van der Waals surface area (Å²) in [5.74, 6) is 0.727. The van der Waals surface area contributed by atoms with Crippen LogP contribution in [0.25, 0.3) is 0 Å². The zero-order chi connectivity index (χ0) is 22.1. The number of rotatable bonds is 9. The Morgan fingerprint density at radius 2 is 1.52 bits per heavy atom. The molecule has 3 rings (SSSR count). The molecular formula is C25H26N2O4. The number of ether oxygens (including phenoxy) is 2. The van der Waals surface area contributed by atoms with Gasteiger partial charge in [-0.05, 0) is 55.8 Å². The van der Waals surface area contributed by atoms with Gasteiger partial charge >= 0.3 is 0 Å². The van der Waals surface area contributed by atoms with Crippen molar-refractivity contribution in [3.05, 3.63) is 84.4 Å². The smallest absolute Gasteiger partial charge is 0.265 e. The lowest BCUT2D eigenvalue weighted by atomic mass is 10.2. The molecule has 0 aromatic heterocycles. The van der Waals surface area contributed by atoms with E-state index in [1.807, 2.05) is 56.3 Å². The van der Waals surface area contributed by atoms with Crippen molar-refractivity contribution in [2.24, 2.45) is 0 Å². The van der Waals surface area contributed by atoms with Gasteiger partial charge in [0.1, 0.15) is 11.5 Å². The van der Waals surface area contributed by atoms with Gasteiger partial charge in [0.25, 0.3) is 11.8 Å². The van der Waals surface area contributed by atoms with Gasteiger partial charge in [0, 0.05) is 11.4 Å². The largest absolute Gasteiger partial charge is 0.484 e. The topological polar surface area (TPSA) is 76.7 Å². The van der Waals surface area contributed by atoms with Crippen molar-refractivity contribution in [1.82, 2.24) is 0 Å². The lowest BCUT2D eigenvalue weighted by Crippen LogP contribution is -2.32. The molecule has 0 saturated heterocycles. The number of carbonyl (C=O) groups excluding carboxylic acids is 2. The minimum absolute atomic E-state index is 0.108. The summed E-state index contributed by atoms with van der Waals surface area (Å²) in [6.07, 6.45) is -0.104. The number of nitrogens with one attached hydrogen (secondary N) is 2. The summed E-state index contributed by atoms with van der Waals surface area (Å²) in [5.41, 5.74) is 2.25. The molecule has 0 heterocycles. The van der Waals surface area contributed by atoms with E-state index in [9.17, 15) is 9.59 Å². The highest BCUT2D eigenvalue weighted by Crippen LogP contribution is 2.18. The summed E-state index contributed by atoms with van der Waals surface area (Å²) >= 11 is 0. The average Bonchev–Trinajstić information content (AvgIpc) is 2.78. The minimum atomic E-state index is -0.625. The molecule has 0 radical (unpaired) electrons. The SMILES string of the molecule is CCC(Oc1ccc(C)cc1)C(=O)Nc1cccc(NC(=O)COc2ccccc2)c1. The highest BCUT2D eigenvalue weighted by Gasteiger charge is 2.18.